The fourth-order valence-electron chi connectivity index (χ4n) is 5.41. The van der Waals surface area contributed by atoms with Gasteiger partial charge in [0.1, 0.15) is 5.82 Å². The van der Waals surface area contributed by atoms with E-state index in [1.54, 1.807) is 0 Å². The maximum absolute atomic E-state index is 13.7. The van der Waals surface area contributed by atoms with Crippen molar-refractivity contribution in [3.05, 3.63) is 65.7 Å². The molecule has 6 heteroatoms. The van der Waals surface area contributed by atoms with E-state index in [1.807, 2.05) is 50.2 Å². The fraction of sp³-hybridized carbons (Fsp3) is 0.370. The molecule has 1 atom stereocenters. The van der Waals surface area contributed by atoms with Gasteiger partial charge in [-0.25, -0.2) is 4.98 Å². The summed E-state index contributed by atoms with van der Waals surface area (Å²) in [6.07, 6.45) is 4.90. The molecule has 0 aliphatic heterocycles. The normalized spacial score (nSPS) is 16.9. The molecular weight excluding hydrogens is 410 g/mol. The number of para-hydroxylation sites is 2. The lowest BCUT2D eigenvalue weighted by atomic mass is 9.82. The molecule has 2 saturated carbocycles. The molecule has 6 nitrogen and oxygen atoms in total. The number of anilines is 1. The van der Waals surface area contributed by atoms with Crippen LogP contribution in [0.4, 0.5) is 5.69 Å². The molecule has 2 heterocycles. The second-order valence-electron chi connectivity index (χ2n) is 9.74. The monoisotopic (exact) mass is 439 g/mol. The smallest absolute Gasteiger partial charge is 0.235 e. The Labute approximate surface area is 193 Å². The van der Waals surface area contributed by atoms with Crippen LogP contribution in [-0.2, 0) is 4.79 Å². The third-order valence-electron chi connectivity index (χ3n) is 7.27. The predicted molar refractivity (Wildman–Crippen MR) is 130 cm³/mol. The standard InChI is InChI=1S/C27H29N5O/c1-15-23(16(2)32-31-15)17-11-13-20(14-12-17)28-27(33)25(24(18-7-8-18)19-9-10-19)26-29-21-5-3-4-6-22(21)30-26/h3-6,11-14,18-19,24-25H,7-10H2,1-2H3,(H,28,33)(H,29,30)(H,31,32). The average molecular weight is 440 g/mol. The summed E-state index contributed by atoms with van der Waals surface area (Å²) >= 11 is 0. The van der Waals surface area contributed by atoms with Gasteiger partial charge in [-0.1, -0.05) is 24.3 Å². The van der Waals surface area contributed by atoms with Gasteiger partial charge < -0.3 is 10.3 Å². The summed E-state index contributed by atoms with van der Waals surface area (Å²) in [5.41, 5.74) is 6.97. The predicted octanol–water partition coefficient (Wildman–Crippen LogP) is 5.73. The molecule has 0 bridgehead atoms. The minimum absolute atomic E-state index is 0.0429. The first kappa shape index (κ1) is 20.2. The Kier molecular flexibility index (Phi) is 4.82. The number of benzene rings is 2. The highest BCUT2D eigenvalue weighted by Crippen LogP contribution is 2.54. The second kappa shape index (κ2) is 7.87. The number of amides is 1. The third kappa shape index (κ3) is 3.84. The largest absolute Gasteiger partial charge is 0.341 e. The molecule has 2 aromatic heterocycles. The van der Waals surface area contributed by atoms with Crippen molar-refractivity contribution in [1.82, 2.24) is 20.2 Å². The van der Waals surface area contributed by atoms with Crippen molar-refractivity contribution in [1.29, 1.82) is 0 Å². The quantitative estimate of drug-likeness (QED) is 0.344. The van der Waals surface area contributed by atoms with Gasteiger partial charge in [0.2, 0.25) is 5.91 Å². The number of rotatable bonds is 7. The third-order valence-corrected chi connectivity index (χ3v) is 7.27. The molecule has 0 spiro atoms. The highest BCUT2D eigenvalue weighted by molar-refractivity contribution is 5.96. The molecular formula is C27H29N5O. The van der Waals surface area contributed by atoms with Gasteiger partial charge in [-0.2, -0.15) is 5.10 Å². The summed E-state index contributed by atoms with van der Waals surface area (Å²) < 4.78 is 0. The number of imidazole rings is 1. The van der Waals surface area contributed by atoms with E-state index >= 15 is 0 Å². The zero-order chi connectivity index (χ0) is 22.5. The van der Waals surface area contributed by atoms with Crippen LogP contribution < -0.4 is 5.32 Å². The number of nitrogens with one attached hydrogen (secondary N) is 3. The Morgan fingerprint density at radius 1 is 1.00 bits per heavy atom. The highest BCUT2D eigenvalue weighted by atomic mass is 16.2. The lowest BCUT2D eigenvalue weighted by molar-refractivity contribution is -0.119. The fourth-order valence-corrected chi connectivity index (χ4v) is 5.41. The highest BCUT2D eigenvalue weighted by Gasteiger charge is 2.49. The molecule has 6 rings (SSSR count). The van der Waals surface area contributed by atoms with Crippen LogP contribution in [0.2, 0.25) is 0 Å². The number of aryl methyl sites for hydroxylation is 2. The van der Waals surface area contributed by atoms with Crippen LogP contribution in [-0.4, -0.2) is 26.1 Å². The van der Waals surface area contributed by atoms with E-state index in [4.69, 9.17) is 4.98 Å². The number of hydrogen-bond donors (Lipinski definition) is 3. The molecule has 2 aliphatic carbocycles. The number of fused-ring (bicyclic) bond motifs is 1. The summed E-state index contributed by atoms with van der Waals surface area (Å²) in [4.78, 5) is 22.1. The summed E-state index contributed by atoms with van der Waals surface area (Å²) in [6, 6.07) is 16.1. The molecule has 1 unspecified atom stereocenters. The molecule has 2 aliphatic rings. The van der Waals surface area contributed by atoms with Gasteiger partial charge in [-0.3, -0.25) is 9.89 Å². The maximum Gasteiger partial charge on any atom is 0.235 e. The van der Waals surface area contributed by atoms with Crippen molar-refractivity contribution >= 4 is 22.6 Å². The van der Waals surface area contributed by atoms with Crippen LogP contribution in [0.25, 0.3) is 22.2 Å². The van der Waals surface area contributed by atoms with Crippen molar-refractivity contribution in [2.24, 2.45) is 17.8 Å². The van der Waals surface area contributed by atoms with Crippen LogP contribution >= 0.6 is 0 Å². The minimum Gasteiger partial charge on any atom is -0.341 e. The number of H-pyrrole nitrogens is 2. The number of aromatic amines is 2. The topological polar surface area (TPSA) is 86.5 Å². The summed E-state index contributed by atoms with van der Waals surface area (Å²) in [5, 5.41) is 10.5. The van der Waals surface area contributed by atoms with Crippen molar-refractivity contribution in [3.8, 4) is 11.1 Å². The number of carbonyl (C=O) groups is 1. The number of hydrogen-bond acceptors (Lipinski definition) is 3. The lowest BCUT2D eigenvalue weighted by Crippen LogP contribution is -2.31. The number of nitrogens with zero attached hydrogens (tertiary/aromatic N) is 2. The van der Waals surface area contributed by atoms with Gasteiger partial charge in [-0.05, 0) is 87.1 Å². The first-order chi connectivity index (χ1) is 16.1. The van der Waals surface area contributed by atoms with Crippen LogP contribution in [0.5, 0.6) is 0 Å². The van der Waals surface area contributed by atoms with E-state index in [-0.39, 0.29) is 11.8 Å². The maximum atomic E-state index is 13.7. The Hall–Kier alpha value is -3.41. The molecule has 3 N–H and O–H groups in total. The Morgan fingerprint density at radius 2 is 1.70 bits per heavy atom. The van der Waals surface area contributed by atoms with Crippen molar-refractivity contribution < 1.29 is 4.79 Å². The van der Waals surface area contributed by atoms with Gasteiger partial charge in [0.15, 0.2) is 0 Å². The van der Waals surface area contributed by atoms with Crippen LogP contribution in [0.15, 0.2) is 48.5 Å². The Balaban J connectivity index is 1.30. The van der Waals surface area contributed by atoms with Crippen molar-refractivity contribution in [2.75, 3.05) is 5.32 Å². The Morgan fingerprint density at radius 3 is 2.30 bits per heavy atom. The van der Waals surface area contributed by atoms with Gasteiger partial charge >= 0.3 is 0 Å². The summed E-state index contributed by atoms with van der Waals surface area (Å²) in [7, 11) is 0. The van der Waals surface area contributed by atoms with Crippen LogP contribution in [0, 0.1) is 31.6 Å². The zero-order valence-corrected chi connectivity index (χ0v) is 19.1. The molecule has 0 saturated heterocycles. The minimum atomic E-state index is -0.254. The molecule has 33 heavy (non-hydrogen) atoms. The summed E-state index contributed by atoms with van der Waals surface area (Å²) in [6.45, 7) is 4.03. The van der Waals surface area contributed by atoms with Gasteiger partial charge in [0.25, 0.3) is 0 Å². The van der Waals surface area contributed by atoms with Crippen molar-refractivity contribution in [2.45, 2.75) is 45.4 Å². The molecule has 4 aromatic rings. The lowest BCUT2D eigenvalue weighted by Gasteiger charge is -2.25. The summed E-state index contributed by atoms with van der Waals surface area (Å²) in [5.74, 6) is 2.23. The number of carbonyl (C=O) groups excluding carboxylic acids is 1. The molecule has 168 valence electrons. The van der Waals surface area contributed by atoms with Crippen LogP contribution in [0.3, 0.4) is 0 Å². The van der Waals surface area contributed by atoms with E-state index in [1.165, 1.54) is 25.7 Å². The van der Waals surface area contributed by atoms with Gasteiger partial charge in [0, 0.05) is 16.9 Å². The molecule has 0 radical (unpaired) electrons. The van der Waals surface area contributed by atoms with Crippen LogP contribution in [0.1, 0.15) is 48.8 Å². The van der Waals surface area contributed by atoms with E-state index in [0.29, 0.717) is 17.8 Å². The molecule has 2 aromatic carbocycles. The van der Waals surface area contributed by atoms with E-state index in [0.717, 1.165) is 45.1 Å². The second-order valence-corrected chi connectivity index (χ2v) is 9.74. The average Bonchev–Trinajstić information content (AvgIpc) is 3.74. The van der Waals surface area contributed by atoms with Crippen molar-refractivity contribution in [3.63, 3.8) is 0 Å². The molecule has 1 amide bonds. The SMILES string of the molecule is Cc1n[nH]c(C)c1-c1ccc(NC(=O)C(c2nc3ccccc3[nH]2)C(C2CC2)C2CC2)cc1. The van der Waals surface area contributed by atoms with E-state index < -0.39 is 0 Å². The van der Waals surface area contributed by atoms with E-state index in [9.17, 15) is 4.79 Å². The van der Waals surface area contributed by atoms with Gasteiger partial charge in [-0.15, -0.1) is 0 Å². The van der Waals surface area contributed by atoms with E-state index in [2.05, 4.69) is 32.6 Å². The molecule has 2 fully saturated rings. The van der Waals surface area contributed by atoms with Gasteiger partial charge in [0.05, 0.1) is 22.6 Å². The number of aromatic nitrogens is 4. The first-order valence-corrected chi connectivity index (χ1v) is 12.0. The Bertz CT molecular complexity index is 1250. The zero-order valence-electron chi connectivity index (χ0n) is 19.1. The first-order valence-electron chi connectivity index (χ1n) is 12.0.